The average Bonchev–Trinajstić information content (AvgIpc) is 3.12. The Morgan fingerprint density at radius 2 is 1.93 bits per heavy atom. The van der Waals surface area contributed by atoms with E-state index in [1.807, 2.05) is 0 Å². The van der Waals surface area contributed by atoms with Crippen LogP contribution in [0.3, 0.4) is 0 Å². The summed E-state index contributed by atoms with van der Waals surface area (Å²) < 4.78 is 63.4. The van der Waals surface area contributed by atoms with Crippen LogP contribution in [0.15, 0.2) is 23.1 Å². The summed E-state index contributed by atoms with van der Waals surface area (Å²) in [6.07, 6.45) is -2.37. The van der Waals surface area contributed by atoms with Crippen molar-refractivity contribution < 1.29 is 26.4 Å². The molecule has 0 unspecified atom stereocenters. The quantitative estimate of drug-likeness (QED) is 0.630. The minimum atomic E-state index is -4.27. The molecule has 0 aliphatic carbocycles. The van der Waals surface area contributed by atoms with Gasteiger partial charge in [0.15, 0.2) is 0 Å². The summed E-state index contributed by atoms with van der Waals surface area (Å²) in [7, 11) is -2.34. The Hall–Kier alpha value is -1.36. The maximum Gasteiger partial charge on any atom is 0.401 e. The van der Waals surface area contributed by atoms with Gasteiger partial charge in [-0.05, 0) is 51.1 Å². The van der Waals surface area contributed by atoms with E-state index < -0.39 is 28.7 Å². The summed E-state index contributed by atoms with van der Waals surface area (Å²) in [5, 5.41) is 2.67. The fraction of sp³-hybridized carbons (Fsp3) is 0.588. The van der Waals surface area contributed by atoms with Crippen molar-refractivity contribution in [3.05, 3.63) is 28.8 Å². The molecule has 0 spiro atoms. The van der Waals surface area contributed by atoms with Crippen molar-refractivity contribution in [3.8, 4) is 0 Å². The predicted octanol–water partition coefficient (Wildman–Crippen LogP) is 2.74. The Kier molecular flexibility index (Phi) is 7.72. The third-order valence-corrected chi connectivity index (χ3v) is 6.56. The van der Waals surface area contributed by atoms with E-state index in [1.165, 1.54) is 29.6 Å². The minimum absolute atomic E-state index is 0.00568. The molecule has 1 aliphatic rings. The van der Waals surface area contributed by atoms with Gasteiger partial charge in [-0.3, -0.25) is 9.69 Å². The van der Waals surface area contributed by atoms with Gasteiger partial charge >= 0.3 is 6.18 Å². The van der Waals surface area contributed by atoms with Crippen LogP contribution in [0.25, 0.3) is 0 Å². The van der Waals surface area contributed by atoms with E-state index in [9.17, 15) is 26.4 Å². The summed E-state index contributed by atoms with van der Waals surface area (Å²) in [6, 6.07) is 3.95. The van der Waals surface area contributed by atoms with Crippen molar-refractivity contribution in [2.24, 2.45) is 0 Å². The molecule has 158 valence electrons. The van der Waals surface area contributed by atoms with Crippen molar-refractivity contribution >= 4 is 27.5 Å². The number of halogens is 4. The molecular weight excluding hydrogens is 419 g/mol. The van der Waals surface area contributed by atoms with Crippen LogP contribution in [0.2, 0.25) is 5.02 Å². The van der Waals surface area contributed by atoms with Gasteiger partial charge in [-0.25, -0.2) is 8.42 Å². The molecule has 1 heterocycles. The predicted molar refractivity (Wildman–Crippen MR) is 99.9 cm³/mol. The fourth-order valence-corrected chi connectivity index (χ4v) is 4.69. The first-order valence-electron chi connectivity index (χ1n) is 8.84. The summed E-state index contributed by atoms with van der Waals surface area (Å²) in [6.45, 7) is 0.149. The molecule has 1 aliphatic heterocycles. The second kappa shape index (κ2) is 9.43. The van der Waals surface area contributed by atoms with Gasteiger partial charge in [0.25, 0.3) is 5.91 Å². The zero-order valence-corrected chi connectivity index (χ0v) is 17.0. The molecule has 11 heteroatoms. The summed E-state index contributed by atoms with van der Waals surface area (Å²) in [5.74, 6) is -0.568. The van der Waals surface area contributed by atoms with Crippen molar-refractivity contribution in [2.75, 3.05) is 39.8 Å². The lowest BCUT2D eigenvalue weighted by atomic mass is 10.2. The smallest absolute Gasteiger partial charge is 0.352 e. The molecule has 0 bridgehead atoms. The molecular formula is C17H23ClF3N3O3S. The second-order valence-corrected chi connectivity index (χ2v) is 9.06. The lowest BCUT2D eigenvalue weighted by Crippen LogP contribution is -2.34. The van der Waals surface area contributed by atoms with Crippen LogP contribution in [-0.2, 0) is 10.0 Å². The van der Waals surface area contributed by atoms with E-state index in [0.29, 0.717) is 19.5 Å². The van der Waals surface area contributed by atoms with Crippen LogP contribution >= 0.6 is 11.6 Å². The number of carbonyl (C=O) groups is 1. The van der Waals surface area contributed by atoms with Crippen LogP contribution in [-0.4, -0.2) is 69.5 Å². The molecule has 1 aromatic rings. The van der Waals surface area contributed by atoms with E-state index in [1.54, 1.807) is 0 Å². The van der Waals surface area contributed by atoms with Crippen LogP contribution in [0.1, 0.15) is 29.6 Å². The zero-order valence-electron chi connectivity index (χ0n) is 15.4. The van der Waals surface area contributed by atoms with E-state index in [0.717, 1.165) is 17.7 Å². The van der Waals surface area contributed by atoms with E-state index in [2.05, 4.69) is 5.32 Å². The first-order chi connectivity index (χ1) is 13.0. The summed E-state index contributed by atoms with van der Waals surface area (Å²) in [5.41, 5.74) is 0.0191. The number of amides is 1. The SMILES string of the molecule is CN(CCCNC(=O)c1cc(S(=O)(=O)N2CCCC2)ccc1Cl)CC(F)(F)F. The van der Waals surface area contributed by atoms with Crippen molar-refractivity contribution in [1.29, 1.82) is 0 Å². The number of nitrogens with zero attached hydrogens (tertiary/aromatic N) is 2. The molecule has 2 rings (SSSR count). The normalized spacial score (nSPS) is 15.9. The number of benzene rings is 1. The molecule has 0 atom stereocenters. The number of sulfonamides is 1. The first-order valence-corrected chi connectivity index (χ1v) is 10.7. The van der Waals surface area contributed by atoms with E-state index >= 15 is 0 Å². The van der Waals surface area contributed by atoms with Gasteiger partial charge in [-0.15, -0.1) is 0 Å². The lowest BCUT2D eigenvalue weighted by molar-refractivity contribution is -0.143. The molecule has 1 fully saturated rings. The Labute approximate surface area is 167 Å². The van der Waals surface area contributed by atoms with Crippen molar-refractivity contribution in [2.45, 2.75) is 30.3 Å². The van der Waals surface area contributed by atoms with Crippen molar-refractivity contribution in [3.63, 3.8) is 0 Å². The highest BCUT2D eigenvalue weighted by Gasteiger charge is 2.29. The highest BCUT2D eigenvalue weighted by molar-refractivity contribution is 7.89. The minimum Gasteiger partial charge on any atom is -0.352 e. The first kappa shape index (κ1) is 22.9. The maximum absolute atomic E-state index is 12.6. The van der Waals surface area contributed by atoms with E-state index in [4.69, 9.17) is 11.6 Å². The maximum atomic E-state index is 12.6. The topological polar surface area (TPSA) is 69.7 Å². The number of hydrogen-bond donors (Lipinski definition) is 1. The molecule has 1 saturated heterocycles. The monoisotopic (exact) mass is 441 g/mol. The van der Waals surface area contributed by atoms with Crippen LogP contribution in [0, 0.1) is 0 Å². The van der Waals surface area contributed by atoms with Gasteiger partial charge in [0, 0.05) is 19.6 Å². The molecule has 28 heavy (non-hydrogen) atoms. The van der Waals surface area contributed by atoms with Gasteiger partial charge in [0.1, 0.15) is 0 Å². The number of carbonyl (C=O) groups excluding carboxylic acids is 1. The zero-order chi connectivity index (χ0) is 20.9. The van der Waals surface area contributed by atoms with E-state index in [-0.39, 0.29) is 28.6 Å². The highest BCUT2D eigenvalue weighted by atomic mass is 35.5. The number of alkyl halides is 3. The Morgan fingerprint density at radius 1 is 1.29 bits per heavy atom. The summed E-state index contributed by atoms with van der Waals surface area (Å²) in [4.78, 5) is 13.4. The van der Waals surface area contributed by atoms with Gasteiger partial charge in [0.05, 0.1) is 22.0 Å². The Balaban J connectivity index is 1.96. The second-order valence-electron chi connectivity index (χ2n) is 6.72. The third kappa shape index (κ3) is 6.33. The van der Waals surface area contributed by atoms with Gasteiger partial charge in [-0.1, -0.05) is 11.6 Å². The number of nitrogens with one attached hydrogen (secondary N) is 1. The molecule has 1 aromatic carbocycles. The molecule has 1 N–H and O–H groups in total. The van der Waals surface area contributed by atoms with Crippen molar-refractivity contribution in [1.82, 2.24) is 14.5 Å². The standard InChI is InChI=1S/C17H23ClF3N3O3S/c1-23(12-17(19,20)21)8-4-7-22-16(25)14-11-13(5-6-15(14)18)28(26,27)24-9-2-3-10-24/h5-6,11H,2-4,7-10,12H2,1H3,(H,22,25). The Morgan fingerprint density at radius 3 is 2.54 bits per heavy atom. The molecule has 6 nitrogen and oxygen atoms in total. The number of hydrogen-bond acceptors (Lipinski definition) is 4. The van der Waals surface area contributed by atoms with Gasteiger partial charge < -0.3 is 5.32 Å². The summed E-state index contributed by atoms with van der Waals surface area (Å²) >= 11 is 6.03. The molecule has 1 amide bonds. The third-order valence-electron chi connectivity index (χ3n) is 4.34. The van der Waals surface area contributed by atoms with Crippen LogP contribution in [0.5, 0.6) is 0 Å². The molecule has 0 saturated carbocycles. The van der Waals surface area contributed by atoms with Gasteiger partial charge in [0.2, 0.25) is 10.0 Å². The number of rotatable bonds is 8. The largest absolute Gasteiger partial charge is 0.401 e. The lowest BCUT2D eigenvalue weighted by Gasteiger charge is -2.18. The van der Waals surface area contributed by atoms with Crippen LogP contribution in [0.4, 0.5) is 13.2 Å². The molecule has 0 aromatic heterocycles. The fourth-order valence-electron chi connectivity index (χ4n) is 2.95. The molecule has 0 radical (unpaired) electrons. The van der Waals surface area contributed by atoms with Crippen LogP contribution < -0.4 is 5.32 Å². The van der Waals surface area contributed by atoms with Gasteiger partial charge in [-0.2, -0.15) is 17.5 Å². The Bertz CT molecular complexity index is 797. The highest BCUT2D eigenvalue weighted by Crippen LogP contribution is 2.25. The average molecular weight is 442 g/mol.